The van der Waals surface area contributed by atoms with Crippen LogP contribution < -0.4 is 10.6 Å². The minimum absolute atomic E-state index is 0.0340. The number of rotatable bonds is 4. The van der Waals surface area contributed by atoms with E-state index in [0.717, 1.165) is 11.4 Å². The lowest BCUT2D eigenvalue weighted by molar-refractivity contribution is 0.628. The van der Waals surface area contributed by atoms with Gasteiger partial charge in [-0.15, -0.1) is 0 Å². The second-order valence-electron chi connectivity index (χ2n) is 5.29. The minimum atomic E-state index is -0.478. The van der Waals surface area contributed by atoms with E-state index in [9.17, 15) is 4.39 Å². The Hall–Kier alpha value is -3.17. The standard InChI is InChI=1S/C18H13ClFN5/c1-11-8-17(23-14-6-7-16(20)15(19)9-14)25-18(22-11)24-13-4-2-12(10-21)3-5-13/h2-9H,1H3,(H2,22,23,24,25). The van der Waals surface area contributed by atoms with Gasteiger partial charge in [0.05, 0.1) is 16.7 Å². The van der Waals surface area contributed by atoms with Crippen LogP contribution in [0.15, 0.2) is 48.5 Å². The molecule has 3 rings (SSSR count). The smallest absolute Gasteiger partial charge is 0.229 e. The Morgan fingerprint density at radius 2 is 1.72 bits per heavy atom. The van der Waals surface area contributed by atoms with Crippen LogP contribution in [0.25, 0.3) is 0 Å². The van der Waals surface area contributed by atoms with Crippen molar-refractivity contribution < 1.29 is 4.39 Å². The number of hydrogen-bond donors (Lipinski definition) is 2. The maximum Gasteiger partial charge on any atom is 0.229 e. The summed E-state index contributed by atoms with van der Waals surface area (Å²) in [6.45, 7) is 1.84. The Morgan fingerprint density at radius 3 is 2.40 bits per heavy atom. The van der Waals surface area contributed by atoms with E-state index in [1.807, 2.05) is 6.92 Å². The summed E-state index contributed by atoms with van der Waals surface area (Å²) in [7, 11) is 0. The first kappa shape index (κ1) is 16.7. The van der Waals surface area contributed by atoms with Crippen molar-refractivity contribution >= 4 is 34.7 Å². The highest BCUT2D eigenvalue weighted by atomic mass is 35.5. The van der Waals surface area contributed by atoms with E-state index in [-0.39, 0.29) is 5.02 Å². The van der Waals surface area contributed by atoms with E-state index in [1.54, 1.807) is 36.4 Å². The van der Waals surface area contributed by atoms with Crippen molar-refractivity contribution in [3.63, 3.8) is 0 Å². The lowest BCUT2D eigenvalue weighted by Gasteiger charge is -2.10. The molecular weight excluding hydrogens is 341 g/mol. The quantitative estimate of drug-likeness (QED) is 0.695. The van der Waals surface area contributed by atoms with E-state index >= 15 is 0 Å². The summed E-state index contributed by atoms with van der Waals surface area (Å²) in [6.07, 6.45) is 0. The molecule has 0 aliphatic carbocycles. The molecule has 0 bridgehead atoms. The summed E-state index contributed by atoms with van der Waals surface area (Å²) in [6, 6.07) is 15.1. The fraction of sp³-hybridized carbons (Fsp3) is 0.0556. The van der Waals surface area contributed by atoms with E-state index in [4.69, 9.17) is 16.9 Å². The van der Waals surface area contributed by atoms with Crippen LogP contribution >= 0.6 is 11.6 Å². The van der Waals surface area contributed by atoms with E-state index in [0.29, 0.717) is 23.0 Å². The van der Waals surface area contributed by atoms with Crippen LogP contribution in [0.4, 0.5) is 27.5 Å². The summed E-state index contributed by atoms with van der Waals surface area (Å²) in [5.74, 6) is 0.473. The van der Waals surface area contributed by atoms with Gasteiger partial charge in [0, 0.05) is 23.1 Å². The van der Waals surface area contributed by atoms with Crippen molar-refractivity contribution in [3.8, 4) is 6.07 Å². The summed E-state index contributed by atoms with van der Waals surface area (Å²) >= 11 is 5.79. The summed E-state index contributed by atoms with van der Waals surface area (Å²) in [5.41, 5.74) is 2.71. The number of nitrogens with one attached hydrogen (secondary N) is 2. The summed E-state index contributed by atoms with van der Waals surface area (Å²) in [4.78, 5) is 8.72. The number of aryl methyl sites for hydroxylation is 1. The molecule has 0 radical (unpaired) electrons. The van der Waals surface area contributed by atoms with Gasteiger partial charge in [0.15, 0.2) is 0 Å². The molecule has 5 nitrogen and oxygen atoms in total. The number of nitriles is 1. The molecule has 0 spiro atoms. The lowest BCUT2D eigenvalue weighted by Crippen LogP contribution is -2.02. The predicted octanol–water partition coefficient (Wildman–Crippen LogP) is 4.94. The highest BCUT2D eigenvalue weighted by Crippen LogP contribution is 2.23. The zero-order valence-corrected chi connectivity index (χ0v) is 14.0. The van der Waals surface area contributed by atoms with Gasteiger partial charge < -0.3 is 10.6 Å². The maximum absolute atomic E-state index is 13.2. The molecule has 0 aliphatic rings. The van der Waals surface area contributed by atoms with Crippen LogP contribution in [0.3, 0.4) is 0 Å². The van der Waals surface area contributed by atoms with Crippen molar-refractivity contribution in [2.24, 2.45) is 0 Å². The van der Waals surface area contributed by atoms with Gasteiger partial charge in [0.1, 0.15) is 11.6 Å². The van der Waals surface area contributed by atoms with Gasteiger partial charge in [0.2, 0.25) is 5.95 Å². The minimum Gasteiger partial charge on any atom is -0.340 e. The topological polar surface area (TPSA) is 73.6 Å². The zero-order chi connectivity index (χ0) is 17.8. The molecule has 0 fully saturated rings. The van der Waals surface area contributed by atoms with E-state index < -0.39 is 5.82 Å². The Bertz CT molecular complexity index is 951. The van der Waals surface area contributed by atoms with Crippen molar-refractivity contribution in [2.45, 2.75) is 6.92 Å². The van der Waals surface area contributed by atoms with Gasteiger partial charge in [-0.3, -0.25) is 0 Å². The van der Waals surface area contributed by atoms with Crippen LogP contribution in [0.5, 0.6) is 0 Å². The highest BCUT2D eigenvalue weighted by Gasteiger charge is 2.06. The molecule has 0 unspecified atom stereocenters. The molecule has 2 aromatic carbocycles. The fourth-order valence-corrected chi connectivity index (χ4v) is 2.35. The third-order valence-electron chi connectivity index (χ3n) is 3.32. The number of hydrogen-bond acceptors (Lipinski definition) is 5. The number of anilines is 4. The first-order chi connectivity index (χ1) is 12.0. The molecule has 3 aromatic rings. The first-order valence-corrected chi connectivity index (χ1v) is 7.76. The SMILES string of the molecule is Cc1cc(Nc2ccc(F)c(Cl)c2)nc(Nc2ccc(C#N)cc2)n1. The van der Waals surface area contributed by atoms with Gasteiger partial charge in [0.25, 0.3) is 0 Å². The zero-order valence-electron chi connectivity index (χ0n) is 13.2. The molecule has 7 heteroatoms. The third-order valence-corrected chi connectivity index (χ3v) is 3.61. The van der Waals surface area contributed by atoms with E-state index in [1.165, 1.54) is 12.1 Å². The van der Waals surface area contributed by atoms with Crippen molar-refractivity contribution in [2.75, 3.05) is 10.6 Å². The molecule has 0 atom stereocenters. The molecule has 1 aromatic heterocycles. The predicted molar refractivity (Wildman–Crippen MR) is 95.9 cm³/mol. The molecule has 2 N–H and O–H groups in total. The molecule has 124 valence electrons. The highest BCUT2D eigenvalue weighted by molar-refractivity contribution is 6.31. The van der Waals surface area contributed by atoms with E-state index in [2.05, 4.69) is 26.7 Å². The summed E-state index contributed by atoms with van der Waals surface area (Å²) < 4.78 is 13.2. The van der Waals surface area contributed by atoms with Gasteiger partial charge in [-0.2, -0.15) is 10.2 Å². The molecule has 1 heterocycles. The average Bonchev–Trinajstić information content (AvgIpc) is 2.58. The van der Waals surface area contributed by atoms with Crippen molar-refractivity contribution in [1.82, 2.24) is 9.97 Å². The number of halogens is 2. The van der Waals surface area contributed by atoms with Crippen LogP contribution in [-0.4, -0.2) is 9.97 Å². The number of aromatic nitrogens is 2. The third kappa shape index (κ3) is 4.22. The van der Waals surface area contributed by atoms with Crippen molar-refractivity contribution in [3.05, 3.63) is 70.6 Å². The Balaban J connectivity index is 1.82. The number of nitrogens with zero attached hydrogens (tertiary/aromatic N) is 3. The number of benzene rings is 2. The monoisotopic (exact) mass is 353 g/mol. The second kappa shape index (κ2) is 7.16. The fourth-order valence-electron chi connectivity index (χ4n) is 2.17. The second-order valence-corrected chi connectivity index (χ2v) is 5.69. The van der Waals surface area contributed by atoms with Gasteiger partial charge in [-0.1, -0.05) is 11.6 Å². The van der Waals surface area contributed by atoms with Crippen LogP contribution in [-0.2, 0) is 0 Å². The Morgan fingerprint density at radius 1 is 1.00 bits per heavy atom. The Labute approximate surface area is 149 Å². The largest absolute Gasteiger partial charge is 0.340 e. The lowest BCUT2D eigenvalue weighted by atomic mass is 10.2. The first-order valence-electron chi connectivity index (χ1n) is 7.38. The summed E-state index contributed by atoms with van der Waals surface area (Å²) in [5, 5.41) is 15.0. The maximum atomic E-state index is 13.2. The molecule has 0 amide bonds. The Kier molecular flexibility index (Phi) is 4.78. The molecule has 25 heavy (non-hydrogen) atoms. The normalized spacial score (nSPS) is 10.2. The van der Waals surface area contributed by atoms with Crippen LogP contribution in [0.2, 0.25) is 5.02 Å². The molecule has 0 aliphatic heterocycles. The van der Waals surface area contributed by atoms with Gasteiger partial charge >= 0.3 is 0 Å². The van der Waals surface area contributed by atoms with Crippen LogP contribution in [0.1, 0.15) is 11.3 Å². The van der Waals surface area contributed by atoms with Gasteiger partial charge in [-0.05, 0) is 49.4 Å². The molecule has 0 saturated heterocycles. The van der Waals surface area contributed by atoms with Gasteiger partial charge in [-0.25, -0.2) is 9.37 Å². The molecular formula is C18H13ClFN5. The van der Waals surface area contributed by atoms with Crippen LogP contribution in [0, 0.1) is 24.1 Å². The van der Waals surface area contributed by atoms with Crippen molar-refractivity contribution in [1.29, 1.82) is 5.26 Å². The molecule has 0 saturated carbocycles. The average molecular weight is 354 g/mol.